The number of hydrogen-bond acceptors (Lipinski definition) is 3. The van der Waals surface area contributed by atoms with Crippen LogP contribution in [0.3, 0.4) is 0 Å². The van der Waals surface area contributed by atoms with E-state index in [4.69, 9.17) is 4.74 Å². The third-order valence-corrected chi connectivity index (χ3v) is 2.51. The summed E-state index contributed by atoms with van der Waals surface area (Å²) in [5, 5.41) is 12.4. The van der Waals surface area contributed by atoms with Gasteiger partial charge >= 0.3 is 0 Å². The predicted molar refractivity (Wildman–Crippen MR) is 71.4 cm³/mol. The van der Waals surface area contributed by atoms with Crippen molar-refractivity contribution in [2.24, 2.45) is 0 Å². The van der Waals surface area contributed by atoms with Gasteiger partial charge in [0.25, 0.3) is 0 Å². The number of anilines is 1. The number of hydrogen-bond donors (Lipinski definition) is 2. The number of carbonyl (C=O) groups excluding carboxylic acids is 1. The molecule has 0 bridgehead atoms. The molecule has 1 rings (SSSR count). The van der Waals surface area contributed by atoms with Crippen LogP contribution in [0.15, 0.2) is 24.3 Å². The smallest absolute Gasteiger partial charge is 0.226 e. The second-order valence-electron chi connectivity index (χ2n) is 4.17. The van der Waals surface area contributed by atoms with Crippen LogP contribution in [0, 0.1) is 0 Å². The van der Waals surface area contributed by atoms with Gasteiger partial charge in [-0.2, -0.15) is 0 Å². The van der Waals surface area contributed by atoms with E-state index in [0.717, 1.165) is 12.0 Å². The van der Waals surface area contributed by atoms with Gasteiger partial charge in [0.05, 0.1) is 19.1 Å². The molecule has 1 aromatic carbocycles. The summed E-state index contributed by atoms with van der Waals surface area (Å²) in [6.45, 7) is 4.81. The molecular formula is C14H21NO3. The molecule has 0 aliphatic heterocycles. The lowest BCUT2D eigenvalue weighted by Crippen LogP contribution is -2.15. The van der Waals surface area contributed by atoms with Crippen LogP contribution in [0.1, 0.15) is 38.4 Å². The molecule has 0 saturated heterocycles. The van der Waals surface area contributed by atoms with Crippen LogP contribution in [-0.2, 0) is 9.53 Å². The third-order valence-electron chi connectivity index (χ3n) is 2.51. The van der Waals surface area contributed by atoms with Crippen molar-refractivity contribution in [2.45, 2.75) is 32.8 Å². The molecule has 0 spiro atoms. The topological polar surface area (TPSA) is 58.6 Å². The maximum Gasteiger partial charge on any atom is 0.226 e. The molecule has 1 amide bonds. The third kappa shape index (κ3) is 4.85. The SMILES string of the molecule is CCCOCCC(=O)Nc1ccccc1C(C)O. The van der Waals surface area contributed by atoms with Crippen LogP contribution in [0.2, 0.25) is 0 Å². The van der Waals surface area contributed by atoms with Crippen LogP contribution in [0.4, 0.5) is 5.69 Å². The molecule has 4 nitrogen and oxygen atoms in total. The number of para-hydroxylation sites is 1. The van der Waals surface area contributed by atoms with Gasteiger partial charge in [0, 0.05) is 17.9 Å². The van der Waals surface area contributed by atoms with Crippen molar-refractivity contribution in [1.29, 1.82) is 0 Å². The Morgan fingerprint density at radius 1 is 1.39 bits per heavy atom. The zero-order valence-electron chi connectivity index (χ0n) is 11.0. The van der Waals surface area contributed by atoms with E-state index in [9.17, 15) is 9.90 Å². The highest BCUT2D eigenvalue weighted by molar-refractivity contribution is 5.91. The summed E-state index contributed by atoms with van der Waals surface area (Å²) in [6, 6.07) is 7.25. The molecule has 0 fully saturated rings. The van der Waals surface area contributed by atoms with Gasteiger partial charge in [-0.05, 0) is 19.4 Å². The average Bonchev–Trinajstić information content (AvgIpc) is 2.35. The Morgan fingerprint density at radius 3 is 2.78 bits per heavy atom. The second-order valence-corrected chi connectivity index (χ2v) is 4.17. The molecule has 18 heavy (non-hydrogen) atoms. The summed E-state index contributed by atoms with van der Waals surface area (Å²) >= 11 is 0. The van der Waals surface area contributed by atoms with Crippen molar-refractivity contribution < 1.29 is 14.6 Å². The van der Waals surface area contributed by atoms with Crippen LogP contribution in [0.5, 0.6) is 0 Å². The van der Waals surface area contributed by atoms with Crippen molar-refractivity contribution in [3.8, 4) is 0 Å². The molecular weight excluding hydrogens is 230 g/mol. The predicted octanol–water partition coefficient (Wildman–Crippen LogP) is 2.50. The van der Waals surface area contributed by atoms with E-state index in [1.807, 2.05) is 19.1 Å². The highest BCUT2D eigenvalue weighted by atomic mass is 16.5. The monoisotopic (exact) mass is 251 g/mol. The molecule has 0 saturated carbocycles. The summed E-state index contributed by atoms with van der Waals surface area (Å²) in [6.07, 6.45) is 0.679. The van der Waals surface area contributed by atoms with Crippen LogP contribution in [0.25, 0.3) is 0 Å². The lowest BCUT2D eigenvalue weighted by Gasteiger charge is -2.12. The number of nitrogens with one attached hydrogen (secondary N) is 1. The van der Waals surface area contributed by atoms with Crippen molar-refractivity contribution in [3.63, 3.8) is 0 Å². The molecule has 1 aromatic rings. The average molecular weight is 251 g/mol. The fraction of sp³-hybridized carbons (Fsp3) is 0.500. The van der Waals surface area contributed by atoms with Gasteiger partial charge in [-0.25, -0.2) is 0 Å². The summed E-state index contributed by atoms with van der Waals surface area (Å²) in [4.78, 5) is 11.7. The largest absolute Gasteiger partial charge is 0.389 e. The highest BCUT2D eigenvalue weighted by Crippen LogP contribution is 2.22. The normalized spacial score (nSPS) is 12.2. The van der Waals surface area contributed by atoms with E-state index in [-0.39, 0.29) is 5.91 Å². The maximum absolute atomic E-state index is 11.7. The molecule has 4 heteroatoms. The van der Waals surface area contributed by atoms with Crippen LogP contribution < -0.4 is 5.32 Å². The summed E-state index contributed by atoms with van der Waals surface area (Å²) in [7, 11) is 0. The highest BCUT2D eigenvalue weighted by Gasteiger charge is 2.09. The van der Waals surface area contributed by atoms with Gasteiger partial charge in [-0.15, -0.1) is 0 Å². The van der Waals surface area contributed by atoms with E-state index in [1.54, 1.807) is 19.1 Å². The molecule has 0 aliphatic rings. The summed E-state index contributed by atoms with van der Waals surface area (Å²) < 4.78 is 5.26. The molecule has 1 unspecified atom stereocenters. The van der Waals surface area contributed by atoms with Crippen LogP contribution >= 0.6 is 0 Å². The molecule has 0 aromatic heterocycles. The van der Waals surface area contributed by atoms with E-state index < -0.39 is 6.10 Å². The quantitative estimate of drug-likeness (QED) is 0.732. The minimum Gasteiger partial charge on any atom is -0.389 e. The fourth-order valence-electron chi connectivity index (χ4n) is 1.60. The number of rotatable bonds is 7. The first-order valence-electron chi connectivity index (χ1n) is 6.29. The molecule has 1 atom stereocenters. The minimum absolute atomic E-state index is 0.0980. The molecule has 100 valence electrons. The minimum atomic E-state index is -0.599. The van der Waals surface area contributed by atoms with Gasteiger partial charge in [-0.3, -0.25) is 4.79 Å². The lowest BCUT2D eigenvalue weighted by atomic mass is 10.1. The zero-order chi connectivity index (χ0) is 13.4. The molecule has 2 N–H and O–H groups in total. The number of carbonyl (C=O) groups is 1. The van der Waals surface area contributed by atoms with E-state index in [2.05, 4.69) is 5.32 Å². The fourth-order valence-corrected chi connectivity index (χ4v) is 1.60. The van der Waals surface area contributed by atoms with Gasteiger partial charge in [0.1, 0.15) is 0 Å². The number of aliphatic hydroxyl groups excluding tert-OH is 1. The second kappa shape index (κ2) is 7.84. The summed E-state index contributed by atoms with van der Waals surface area (Å²) in [5.74, 6) is -0.0980. The van der Waals surface area contributed by atoms with Gasteiger partial charge in [0.2, 0.25) is 5.91 Å². The summed E-state index contributed by atoms with van der Waals surface area (Å²) in [5.41, 5.74) is 1.38. The lowest BCUT2D eigenvalue weighted by molar-refractivity contribution is -0.117. The van der Waals surface area contributed by atoms with Crippen molar-refractivity contribution in [1.82, 2.24) is 0 Å². The van der Waals surface area contributed by atoms with Gasteiger partial charge in [0.15, 0.2) is 0 Å². The Hall–Kier alpha value is -1.39. The first-order chi connectivity index (χ1) is 8.65. The zero-order valence-corrected chi connectivity index (χ0v) is 11.0. The number of benzene rings is 1. The van der Waals surface area contributed by atoms with Crippen molar-refractivity contribution in [3.05, 3.63) is 29.8 Å². The Kier molecular flexibility index (Phi) is 6.39. The molecule has 0 radical (unpaired) electrons. The number of aliphatic hydroxyl groups is 1. The van der Waals surface area contributed by atoms with E-state index in [0.29, 0.717) is 25.3 Å². The molecule has 0 aliphatic carbocycles. The maximum atomic E-state index is 11.7. The first-order valence-corrected chi connectivity index (χ1v) is 6.29. The Balaban J connectivity index is 2.49. The number of amides is 1. The Bertz CT molecular complexity index is 377. The number of ether oxygens (including phenoxy) is 1. The van der Waals surface area contributed by atoms with Crippen molar-refractivity contribution >= 4 is 11.6 Å². The van der Waals surface area contributed by atoms with Gasteiger partial charge < -0.3 is 15.2 Å². The van der Waals surface area contributed by atoms with Crippen molar-refractivity contribution in [2.75, 3.05) is 18.5 Å². The Labute approximate surface area is 108 Å². The van der Waals surface area contributed by atoms with E-state index in [1.165, 1.54) is 0 Å². The Morgan fingerprint density at radius 2 is 2.11 bits per heavy atom. The van der Waals surface area contributed by atoms with Crippen LogP contribution in [-0.4, -0.2) is 24.2 Å². The molecule has 0 heterocycles. The standard InChI is InChI=1S/C14H21NO3/c1-3-9-18-10-8-14(17)15-13-7-5-4-6-12(13)11(2)16/h4-7,11,16H,3,8-10H2,1-2H3,(H,15,17). The van der Waals surface area contributed by atoms with E-state index >= 15 is 0 Å². The van der Waals surface area contributed by atoms with Gasteiger partial charge in [-0.1, -0.05) is 25.1 Å². The first kappa shape index (κ1) is 14.7.